The number of aliphatic hydroxyl groups excluding tert-OH is 3. The van der Waals surface area contributed by atoms with Crippen molar-refractivity contribution in [2.24, 2.45) is 0 Å². The summed E-state index contributed by atoms with van der Waals surface area (Å²) in [7, 11) is 0. The molecular weight excluding hydrogens is 346 g/mol. The number of aliphatic carboxylic acids is 1. The van der Waals surface area contributed by atoms with Gasteiger partial charge in [0.25, 0.3) is 0 Å². The lowest BCUT2D eigenvalue weighted by atomic mass is 10.0. The van der Waals surface area contributed by atoms with E-state index in [-0.39, 0.29) is 37.3 Å². The molecule has 0 aliphatic rings. The van der Waals surface area contributed by atoms with Gasteiger partial charge in [-0.05, 0) is 6.42 Å². The van der Waals surface area contributed by atoms with E-state index in [2.05, 4.69) is 6.92 Å². The molecule has 0 amide bonds. The van der Waals surface area contributed by atoms with Gasteiger partial charge in [-0.2, -0.15) is 0 Å². The molecule has 6 nitrogen and oxygen atoms in total. The SMILES string of the molecule is CCCCCCCCCCC(O)C[N+](CCO)(CCO)C(CCC)C(=O)[O-]. The minimum absolute atomic E-state index is 0.0125. The summed E-state index contributed by atoms with van der Waals surface area (Å²) in [6.07, 6.45) is 10.6. The van der Waals surface area contributed by atoms with Crippen molar-refractivity contribution in [3.63, 3.8) is 0 Å². The van der Waals surface area contributed by atoms with Crippen molar-refractivity contribution in [3.8, 4) is 0 Å². The molecule has 0 heterocycles. The second-order valence-corrected chi connectivity index (χ2v) is 7.84. The van der Waals surface area contributed by atoms with Gasteiger partial charge in [0.15, 0.2) is 0 Å². The highest BCUT2D eigenvalue weighted by Crippen LogP contribution is 2.21. The number of carboxylic acids is 1. The number of hydrogen-bond acceptors (Lipinski definition) is 5. The molecule has 0 saturated heterocycles. The van der Waals surface area contributed by atoms with Gasteiger partial charge < -0.3 is 29.7 Å². The first-order valence-electron chi connectivity index (χ1n) is 10.9. The molecule has 0 bridgehead atoms. The Morgan fingerprint density at radius 3 is 1.81 bits per heavy atom. The third-order valence-corrected chi connectivity index (χ3v) is 5.55. The molecule has 0 aromatic carbocycles. The van der Waals surface area contributed by atoms with Gasteiger partial charge in [0, 0.05) is 6.42 Å². The van der Waals surface area contributed by atoms with Gasteiger partial charge in [0.1, 0.15) is 31.8 Å². The van der Waals surface area contributed by atoms with Crippen molar-refractivity contribution in [2.75, 3.05) is 32.8 Å². The average molecular weight is 390 g/mol. The molecule has 0 aliphatic heterocycles. The second-order valence-electron chi connectivity index (χ2n) is 7.84. The quantitative estimate of drug-likeness (QED) is 0.230. The van der Waals surface area contributed by atoms with Gasteiger partial charge >= 0.3 is 0 Å². The number of rotatable bonds is 19. The van der Waals surface area contributed by atoms with Crippen LogP contribution in [0.15, 0.2) is 0 Å². The Labute approximate surface area is 165 Å². The van der Waals surface area contributed by atoms with Crippen molar-refractivity contribution in [1.29, 1.82) is 0 Å². The highest BCUT2D eigenvalue weighted by atomic mass is 16.4. The molecule has 0 spiro atoms. The molecule has 2 unspecified atom stereocenters. The molecule has 162 valence electrons. The van der Waals surface area contributed by atoms with Gasteiger partial charge in [-0.1, -0.05) is 71.6 Å². The van der Waals surface area contributed by atoms with Crippen molar-refractivity contribution in [1.82, 2.24) is 0 Å². The monoisotopic (exact) mass is 389 g/mol. The first kappa shape index (κ1) is 26.3. The smallest absolute Gasteiger partial charge is 0.129 e. The van der Waals surface area contributed by atoms with Gasteiger partial charge in [-0.3, -0.25) is 0 Å². The fourth-order valence-electron chi connectivity index (χ4n) is 4.05. The number of unbranched alkanes of at least 4 members (excludes halogenated alkanes) is 7. The lowest BCUT2D eigenvalue weighted by Crippen LogP contribution is -2.65. The van der Waals surface area contributed by atoms with Gasteiger partial charge in [0.05, 0.1) is 19.2 Å². The Kier molecular flexibility index (Phi) is 15.9. The molecule has 0 fully saturated rings. The van der Waals surface area contributed by atoms with Crippen LogP contribution in [-0.2, 0) is 4.79 Å². The average Bonchev–Trinajstić information content (AvgIpc) is 2.62. The number of carbonyl (C=O) groups excluding carboxylic acids is 1. The summed E-state index contributed by atoms with van der Waals surface area (Å²) >= 11 is 0. The van der Waals surface area contributed by atoms with Crippen LogP contribution in [0, 0.1) is 0 Å². The number of nitrogens with zero attached hydrogens (tertiary/aromatic N) is 1. The van der Waals surface area contributed by atoms with E-state index in [1.165, 1.54) is 38.5 Å². The molecule has 0 aromatic heterocycles. The lowest BCUT2D eigenvalue weighted by molar-refractivity contribution is -0.948. The molecule has 0 aliphatic carbocycles. The predicted octanol–water partition coefficient (Wildman–Crippen LogP) is 1.60. The third kappa shape index (κ3) is 11.0. The maximum absolute atomic E-state index is 11.7. The molecule has 6 heteroatoms. The Morgan fingerprint density at radius 2 is 1.37 bits per heavy atom. The van der Waals surface area contributed by atoms with Crippen LogP contribution in [0.4, 0.5) is 0 Å². The second kappa shape index (κ2) is 16.3. The zero-order chi connectivity index (χ0) is 20.5. The lowest BCUT2D eigenvalue weighted by Gasteiger charge is -2.46. The summed E-state index contributed by atoms with van der Waals surface area (Å²) in [6.45, 7) is 4.38. The van der Waals surface area contributed by atoms with Crippen molar-refractivity contribution >= 4 is 5.97 Å². The first-order valence-corrected chi connectivity index (χ1v) is 10.9. The number of aliphatic hydroxyl groups is 3. The largest absolute Gasteiger partial charge is 0.544 e. The summed E-state index contributed by atoms with van der Waals surface area (Å²) in [5.74, 6) is -1.17. The molecule has 0 radical (unpaired) electrons. The van der Waals surface area contributed by atoms with E-state index in [4.69, 9.17) is 0 Å². The molecule has 0 aromatic rings. The van der Waals surface area contributed by atoms with Crippen molar-refractivity contribution in [2.45, 2.75) is 96.6 Å². The maximum Gasteiger partial charge on any atom is 0.129 e. The van der Waals surface area contributed by atoms with Gasteiger partial charge in [0.2, 0.25) is 0 Å². The van der Waals surface area contributed by atoms with E-state index < -0.39 is 18.1 Å². The van der Waals surface area contributed by atoms with Crippen LogP contribution in [0.1, 0.15) is 84.5 Å². The third-order valence-electron chi connectivity index (χ3n) is 5.55. The Morgan fingerprint density at radius 1 is 0.852 bits per heavy atom. The minimum Gasteiger partial charge on any atom is -0.544 e. The van der Waals surface area contributed by atoms with E-state index in [1.807, 2.05) is 6.92 Å². The maximum atomic E-state index is 11.7. The van der Waals surface area contributed by atoms with Crippen LogP contribution in [-0.4, -0.2) is 70.8 Å². The zero-order valence-corrected chi connectivity index (χ0v) is 17.6. The van der Waals surface area contributed by atoms with E-state index in [0.29, 0.717) is 19.3 Å². The van der Waals surface area contributed by atoms with E-state index in [0.717, 1.165) is 12.8 Å². The number of carboxylic acid groups (broad SMARTS) is 1. The number of quaternary nitrogens is 1. The highest BCUT2D eigenvalue weighted by Gasteiger charge is 2.38. The Hall–Kier alpha value is -0.690. The van der Waals surface area contributed by atoms with Gasteiger partial charge in [-0.15, -0.1) is 0 Å². The zero-order valence-electron chi connectivity index (χ0n) is 17.6. The summed E-state index contributed by atoms with van der Waals surface area (Å²) in [5, 5.41) is 41.2. The van der Waals surface area contributed by atoms with E-state index in [1.54, 1.807) is 0 Å². The minimum atomic E-state index is -1.17. The first-order chi connectivity index (χ1) is 13.0. The van der Waals surface area contributed by atoms with Crippen LogP contribution in [0.3, 0.4) is 0 Å². The van der Waals surface area contributed by atoms with E-state index >= 15 is 0 Å². The van der Waals surface area contributed by atoms with Crippen molar-refractivity contribution < 1.29 is 29.7 Å². The van der Waals surface area contributed by atoms with Crippen LogP contribution in [0.25, 0.3) is 0 Å². The molecule has 3 N–H and O–H groups in total. The molecule has 2 atom stereocenters. The van der Waals surface area contributed by atoms with Crippen LogP contribution in [0.5, 0.6) is 0 Å². The fourth-order valence-corrected chi connectivity index (χ4v) is 4.05. The standard InChI is InChI=1S/C21H43NO5/c1-3-5-6-7-8-9-10-11-13-19(25)18-22(14-16-23,15-17-24)20(12-4-2)21(26)27/h19-20,23-25H,3-18H2,1-2H3. The molecule has 27 heavy (non-hydrogen) atoms. The van der Waals surface area contributed by atoms with Gasteiger partial charge in [-0.25, -0.2) is 0 Å². The normalized spacial score (nSPS) is 14.3. The van der Waals surface area contributed by atoms with Crippen LogP contribution >= 0.6 is 0 Å². The summed E-state index contributed by atoms with van der Waals surface area (Å²) in [5.41, 5.74) is 0. The number of carbonyl (C=O) groups is 1. The van der Waals surface area contributed by atoms with Crippen molar-refractivity contribution in [3.05, 3.63) is 0 Å². The van der Waals surface area contributed by atoms with Crippen LogP contribution in [0.2, 0.25) is 0 Å². The molecule has 0 rings (SSSR count). The molecule has 0 saturated carbocycles. The number of hydrogen-bond donors (Lipinski definition) is 3. The Balaban J connectivity index is 4.60. The summed E-state index contributed by atoms with van der Waals surface area (Å²) in [6, 6.07) is -0.817. The highest BCUT2D eigenvalue weighted by molar-refractivity contribution is 5.69. The predicted molar refractivity (Wildman–Crippen MR) is 106 cm³/mol. The fraction of sp³-hybridized carbons (Fsp3) is 0.952. The van der Waals surface area contributed by atoms with Crippen LogP contribution < -0.4 is 5.11 Å². The summed E-state index contributed by atoms with van der Waals surface area (Å²) < 4.78 is -0.0125. The Bertz CT molecular complexity index is 358. The molecular formula is C21H43NO5. The summed E-state index contributed by atoms with van der Waals surface area (Å²) in [4.78, 5) is 11.7. The van der Waals surface area contributed by atoms with E-state index in [9.17, 15) is 25.2 Å². The topological polar surface area (TPSA) is 101 Å².